The molecule has 3 atom stereocenters. The third-order valence-corrected chi connectivity index (χ3v) is 5.62. The first-order chi connectivity index (χ1) is 10.1. The van der Waals surface area contributed by atoms with Crippen LogP contribution in [0.2, 0.25) is 0 Å². The van der Waals surface area contributed by atoms with Gasteiger partial charge in [0.25, 0.3) is 0 Å². The second-order valence-electron chi connectivity index (χ2n) is 7.33. The van der Waals surface area contributed by atoms with Crippen LogP contribution in [0, 0.1) is 17.2 Å². The van der Waals surface area contributed by atoms with Crippen LogP contribution in [0.25, 0.3) is 0 Å². The molecule has 112 valence electrons. The van der Waals surface area contributed by atoms with Crippen molar-refractivity contribution in [3.05, 3.63) is 35.9 Å². The normalized spacial score (nSPS) is 32.7. The zero-order valence-electron chi connectivity index (χ0n) is 13.3. The average molecular weight is 282 g/mol. The van der Waals surface area contributed by atoms with Crippen molar-refractivity contribution in [3.63, 3.8) is 0 Å². The van der Waals surface area contributed by atoms with Gasteiger partial charge in [0.2, 0.25) is 0 Å². The molecule has 0 aromatic heterocycles. The SMILES string of the molecule is CC1(C)CCCN1C1CC(c2ccccc2)CCC1C#N. The number of likely N-dealkylation sites (tertiary alicyclic amines) is 1. The molecular formula is C19H26N2. The molecule has 1 aliphatic heterocycles. The van der Waals surface area contributed by atoms with Gasteiger partial charge in [0.15, 0.2) is 0 Å². The van der Waals surface area contributed by atoms with Crippen LogP contribution in [-0.4, -0.2) is 23.0 Å². The molecular weight excluding hydrogens is 256 g/mol. The highest BCUT2D eigenvalue weighted by Gasteiger charge is 2.42. The molecule has 0 radical (unpaired) electrons. The summed E-state index contributed by atoms with van der Waals surface area (Å²) in [6, 6.07) is 13.9. The fourth-order valence-electron chi connectivity index (χ4n) is 4.41. The Balaban J connectivity index is 1.81. The average Bonchev–Trinajstić information content (AvgIpc) is 2.87. The third-order valence-electron chi connectivity index (χ3n) is 5.62. The van der Waals surface area contributed by atoms with Crippen molar-refractivity contribution in [2.75, 3.05) is 6.54 Å². The lowest BCUT2D eigenvalue weighted by molar-refractivity contribution is 0.0620. The second-order valence-corrected chi connectivity index (χ2v) is 7.33. The predicted octanol–water partition coefficient (Wildman–Crippen LogP) is 4.34. The summed E-state index contributed by atoms with van der Waals surface area (Å²) in [6.07, 6.45) is 5.89. The largest absolute Gasteiger partial charge is 0.294 e. The fraction of sp³-hybridized carbons (Fsp3) is 0.632. The van der Waals surface area contributed by atoms with Gasteiger partial charge in [0, 0.05) is 11.6 Å². The first-order valence-corrected chi connectivity index (χ1v) is 8.33. The summed E-state index contributed by atoms with van der Waals surface area (Å²) in [5.41, 5.74) is 1.72. The van der Waals surface area contributed by atoms with E-state index in [1.54, 1.807) is 0 Å². The van der Waals surface area contributed by atoms with Crippen molar-refractivity contribution >= 4 is 0 Å². The Morgan fingerprint density at radius 1 is 1.19 bits per heavy atom. The first-order valence-electron chi connectivity index (χ1n) is 8.33. The lowest BCUT2D eigenvalue weighted by Crippen LogP contribution is -2.50. The number of hydrogen-bond acceptors (Lipinski definition) is 2. The number of nitrogens with zero attached hydrogens (tertiary/aromatic N) is 2. The van der Waals surface area contributed by atoms with Crippen LogP contribution in [0.3, 0.4) is 0 Å². The van der Waals surface area contributed by atoms with Crippen molar-refractivity contribution in [1.29, 1.82) is 5.26 Å². The molecule has 3 unspecified atom stereocenters. The predicted molar refractivity (Wildman–Crippen MR) is 85.9 cm³/mol. The van der Waals surface area contributed by atoms with Gasteiger partial charge in [-0.1, -0.05) is 30.3 Å². The molecule has 1 aliphatic carbocycles. The minimum absolute atomic E-state index is 0.210. The van der Waals surface area contributed by atoms with Gasteiger partial charge >= 0.3 is 0 Å². The molecule has 21 heavy (non-hydrogen) atoms. The zero-order chi connectivity index (χ0) is 14.9. The zero-order valence-corrected chi connectivity index (χ0v) is 13.3. The minimum atomic E-state index is 0.210. The second kappa shape index (κ2) is 5.81. The van der Waals surface area contributed by atoms with Crippen LogP contribution in [0.5, 0.6) is 0 Å². The standard InChI is InChI=1S/C19H26N2/c1-19(2)11-6-12-21(19)18-13-16(9-10-17(18)14-20)15-7-4-3-5-8-15/h3-5,7-8,16-18H,6,9-13H2,1-2H3. The van der Waals surface area contributed by atoms with Crippen molar-refractivity contribution in [1.82, 2.24) is 4.90 Å². The Kier molecular flexibility index (Phi) is 4.04. The molecule has 1 aromatic rings. The van der Waals surface area contributed by atoms with E-state index in [-0.39, 0.29) is 11.5 Å². The Hall–Kier alpha value is -1.33. The summed E-state index contributed by atoms with van der Waals surface area (Å²) in [6.45, 7) is 5.86. The lowest BCUT2D eigenvalue weighted by Gasteiger charge is -2.44. The van der Waals surface area contributed by atoms with Gasteiger partial charge in [-0.15, -0.1) is 0 Å². The van der Waals surface area contributed by atoms with Crippen LogP contribution in [-0.2, 0) is 0 Å². The summed E-state index contributed by atoms with van der Waals surface area (Å²) in [5, 5.41) is 9.57. The van der Waals surface area contributed by atoms with Crippen molar-refractivity contribution < 1.29 is 0 Å². The van der Waals surface area contributed by atoms with Crippen molar-refractivity contribution in [2.24, 2.45) is 5.92 Å². The van der Waals surface area contributed by atoms with Crippen LogP contribution >= 0.6 is 0 Å². The van der Waals surface area contributed by atoms with E-state index in [2.05, 4.69) is 55.1 Å². The van der Waals surface area contributed by atoms with E-state index >= 15 is 0 Å². The molecule has 0 bridgehead atoms. The molecule has 1 saturated carbocycles. The Morgan fingerprint density at radius 2 is 1.95 bits per heavy atom. The number of nitriles is 1. The molecule has 2 fully saturated rings. The number of rotatable bonds is 2. The fourth-order valence-corrected chi connectivity index (χ4v) is 4.41. The maximum Gasteiger partial charge on any atom is 0.0672 e. The smallest absolute Gasteiger partial charge is 0.0672 e. The summed E-state index contributed by atoms with van der Waals surface area (Å²) < 4.78 is 0. The van der Waals surface area contributed by atoms with Crippen molar-refractivity contribution in [3.8, 4) is 6.07 Å². The van der Waals surface area contributed by atoms with Gasteiger partial charge in [-0.2, -0.15) is 5.26 Å². The molecule has 0 spiro atoms. The van der Waals surface area contributed by atoms with E-state index in [9.17, 15) is 5.26 Å². The summed E-state index contributed by atoms with van der Waals surface area (Å²) in [4.78, 5) is 2.63. The molecule has 0 N–H and O–H groups in total. The van der Waals surface area contributed by atoms with Crippen LogP contribution < -0.4 is 0 Å². The molecule has 1 saturated heterocycles. The lowest BCUT2D eigenvalue weighted by atomic mass is 9.74. The van der Waals surface area contributed by atoms with Crippen molar-refractivity contribution in [2.45, 2.75) is 63.5 Å². The number of benzene rings is 1. The Labute approximate surface area is 128 Å². The Morgan fingerprint density at radius 3 is 2.57 bits per heavy atom. The van der Waals surface area contributed by atoms with E-state index in [1.165, 1.54) is 18.4 Å². The van der Waals surface area contributed by atoms with Gasteiger partial charge in [-0.25, -0.2) is 0 Å². The van der Waals surface area contributed by atoms with E-state index in [4.69, 9.17) is 0 Å². The van der Waals surface area contributed by atoms with Crippen LogP contribution in [0.4, 0.5) is 0 Å². The highest BCUT2D eigenvalue weighted by molar-refractivity contribution is 5.21. The van der Waals surface area contributed by atoms with Gasteiger partial charge in [-0.3, -0.25) is 4.90 Å². The van der Waals surface area contributed by atoms with E-state index < -0.39 is 0 Å². The molecule has 2 heteroatoms. The molecule has 0 amide bonds. The highest BCUT2D eigenvalue weighted by atomic mass is 15.2. The summed E-state index contributed by atoms with van der Waals surface area (Å²) in [5.74, 6) is 0.833. The highest BCUT2D eigenvalue weighted by Crippen LogP contribution is 2.42. The Bertz CT molecular complexity index is 514. The molecule has 1 aromatic carbocycles. The maximum absolute atomic E-state index is 9.57. The van der Waals surface area contributed by atoms with Gasteiger partial charge in [-0.05, 0) is 64.0 Å². The van der Waals surface area contributed by atoms with Gasteiger partial charge in [0.05, 0.1) is 12.0 Å². The first kappa shape index (κ1) is 14.6. The quantitative estimate of drug-likeness (QED) is 0.807. The third kappa shape index (κ3) is 2.85. The van der Waals surface area contributed by atoms with Gasteiger partial charge in [0.1, 0.15) is 0 Å². The van der Waals surface area contributed by atoms with E-state index in [1.807, 2.05) is 0 Å². The molecule has 2 nitrogen and oxygen atoms in total. The van der Waals surface area contributed by atoms with E-state index in [0.717, 1.165) is 25.8 Å². The van der Waals surface area contributed by atoms with Crippen LogP contribution in [0.1, 0.15) is 57.4 Å². The minimum Gasteiger partial charge on any atom is -0.294 e. The molecule has 1 heterocycles. The van der Waals surface area contributed by atoms with E-state index in [0.29, 0.717) is 12.0 Å². The molecule has 2 aliphatic rings. The van der Waals surface area contributed by atoms with Gasteiger partial charge < -0.3 is 0 Å². The summed E-state index contributed by atoms with van der Waals surface area (Å²) >= 11 is 0. The monoisotopic (exact) mass is 282 g/mol. The number of hydrogen-bond donors (Lipinski definition) is 0. The summed E-state index contributed by atoms with van der Waals surface area (Å²) in [7, 11) is 0. The topological polar surface area (TPSA) is 27.0 Å². The molecule has 3 rings (SSSR count). The maximum atomic E-state index is 9.57. The van der Waals surface area contributed by atoms with Crippen LogP contribution in [0.15, 0.2) is 30.3 Å².